The van der Waals surface area contributed by atoms with E-state index >= 15 is 0 Å². The molecule has 0 atom stereocenters. The largest absolute Gasteiger partial charge is 0.314 e. The highest BCUT2D eigenvalue weighted by atomic mass is 15.0. The fraction of sp³-hybridized carbons (Fsp3) is 0.750. The van der Waals surface area contributed by atoms with Crippen LogP contribution < -0.4 is 16.0 Å². The minimum absolute atomic E-state index is 0.383. The van der Waals surface area contributed by atoms with E-state index in [9.17, 15) is 0 Å². The smallest absolute Gasteiger partial charge is 0.268 e. The highest BCUT2D eigenvalue weighted by Gasteiger charge is 1.88. The van der Waals surface area contributed by atoms with Crippen LogP contribution in [-0.4, -0.2) is 39.4 Å². The van der Waals surface area contributed by atoms with Gasteiger partial charge < -0.3 is 10.6 Å². The molecule has 0 amide bonds. The van der Waals surface area contributed by atoms with Crippen LogP contribution in [0.1, 0.15) is 0 Å². The molecule has 0 saturated carbocycles. The number of hydrogen-bond acceptors (Lipinski definition) is 4. The van der Waals surface area contributed by atoms with Crippen molar-refractivity contribution < 1.29 is 0 Å². The summed E-state index contributed by atoms with van der Waals surface area (Å²) in [4.78, 5) is 3.16. The van der Waals surface area contributed by atoms with Gasteiger partial charge in [-0.3, -0.25) is 4.85 Å². The van der Waals surface area contributed by atoms with E-state index in [1.807, 2.05) is 6.07 Å². The zero-order valence-corrected chi connectivity index (χ0v) is 7.64. The Labute approximate surface area is 78.9 Å². The number of rotatable bonds is 8. The maximum absolute atomic E-state index is 8.19. The van der Waals surface area contributed by atoms with Gasteiger partial charge in [0.2, 0.25) is 0 Å². The molecule has 0 heterocycles. The summed E-state index contributed by atoms with van der Waals surface area (Å²) in [5.41, 5.74) is 0. The summed E-state index contributed by atoms with van der Waals surface area (Å²) in [5, 5.41) is 17.3. The summed E-state index contributed by atoms with van der Waals surface area (Å²) >= 11 is 0. The monoisotopic (exact) mass is 181 g/mol. The molecule has 0 spiro atoms. The molecule has 0 fully saturated rings. The van der Waals surface area contributed by atoms with Gasteiger partial charge in [-0.2, -0.15) is 5.26 Å². The Hall–Kier alpha value is -1.14. The van der Waals surface area contributed by atoms with Crippen LogP contribution in [0.2, 0.25) is 0 Å². The molecule has 5 nitrogen and oxygen atoms in total. The summed E-state index contributed by atoms with van der Waals surface area (Å²) in [6, 6.07) is 2.00. The first-order chi connectivity index (χ1) is 6.41. The Morgan fingerprint density at radius 3 is 2.31 bits per heavy atom. The average molecular weight is 181 g/mol. The summed E-state index contributed by atoms with van der Waals surface area (Å²) < 4.78 is 0. The molecule has 13 heavy (non-hydrogen) atoms. The minimum Gasteiger partial charge on any atom is -0.314 e. The summed E-state index contributed by atoms with van der Waals surface area (Å²) in [7, 11) is 0. The van der Waals surface area contributed by atoms with Crippen LogP contribution in [0.4, 0.5) is 0 Å². The molecular formula is C8H15N5. The maximum Gasteiger partial charge on any atom is 0.268 e. The molecule has 0 aliphatic rings. The van der Waals surface area contributed by atoms with Gasteiger partial charge in [-0.15, -0.1) is 0 Å². The van der Waals surface area contributed by atoms with Gasteiger partial charge in [0, 0.05) is 26.2 Å². The second-order valence-electron chi connectivity index (χ2n) is 2.40. The quantitative estimate of drug-likeness (QED) is 0.259. The average Bonchev–Trinajstić information content (AvgIpc) is 2.16. The zero-order chi connectivity index (χ0) is 9.78. The van der Waals surface area contributed by atoms with E-state index in [1.165, 1.54) is 0 Å². The first-order valence-corrected chi connectivity index (χ1v) is 4.24. The van der Waals surface area contributed by atoms with E-state index in [-0.39, 0.29) is 0 Å². The van der Waals surface area contributed by atoms with Crippen LogP contribution in [0.25, 0.3) is 4.85 Å². The minimum atomic E-state index is 0.383. The molecule has 0 radical (unpaired) electrons. The van der Waals surface area contributed by atoms with Crippen molar-refractivity contribution in [3.63, 3.8) is 0 Å². The summed E-state index contributed by atoms with van der Waals surface area (Å²) in [6.07, 6.45) is 0. The molecule has 0 bridgehead atoms. The van der Waals surface area contributed by atoms with Gasteiger partial charge >= 0.3 is 0 Å². The second-order valence-corrected chi connectivity index (χ2v) is 2.40. The SMILES string of the molecule is [C-]#[N+]CNCCNCCNCC#N. The van der Waals surface area contributed by atoms with Crippen molar-refractivity contribution >= 4 is 0 Å². The number of nitrogens with zero attached hydrogens (tertiary/aromatic N) is 2. The van der Waals surface area contributed by atoms with Gasteiger partial charge in [-0.1, -0.05) is 0 Å². The highest BCUT2D eigenvalue weighted by molar-refractivity contribution is 4.72. The van der Waals surface area contributed by atoms with E-state index in [0.29, 0.717) is 13.2 Å². The Bertz CT molecular complexity index is 158. The molecule has 0 saturated heterocycles. The molecule has 3 N–H and O–H groups in total. The molecule has 0 aliphatic carbocycles. The van der Waals surface area contributed by atoms with Crippen LogP contribution in [0.5, 0.6) is 0 Å². The van der Waals surface area contributed by atoms with E-state index in [2.05, 4.69) is 20.8 Å². The molecular weight excluding hydrogens is 166 g/mol. The van der Waals surface area contributed by atoms with E-state index < -0.39 is 0 Å². The van der Waals surface area contributed by atoms with E-state index in [0.717, 1.165) is 26.2 Å². The fourth-order valence-corrected chi connectivity index (χ4v) is 0.758. The van der Waals surface area contributed by atoms with Gasteiger partial charge in [0.25, 0.3) is 6.67 Å². The lowest BCUT2D eigenvalue weighted by Crippen LogP contribution is -2.32. The van der Waals surface area contributed by atoms with Gasteiger partial charge in [0.15, 0.2) is 0 Å². The van der Waals surface area contributed by atoms with Crippen LogP contribution in [-0.2, 0) is 0 Å². The lowest BCUT2D eigenvalue weighted by Gasteiger charge is -2.03. The number of nitriles is 1. The summed E-state index contributed by atoms with van der Waals surface area (Å²) in [6.45, 7) is 10.6. The summed E-state index contributed by atoms with van der Waals surface area (Å²) in [5.74, 6) is 0. The van der Waals surface area contributed by atoms with Gasteiger partial charge in [-0.25, -0.2) is 11.9 Å². The fourth-order valence-electron chi connectivity index (χ4n) is 0.758. The van der Waals surface area contributed by atoms with Crippen molar-refractivity contribution in [2.24, 2.45) is 0 Å². The van der Waals surface area contributed by atoms with Gasteiger partial charge in [0.1, 0.15) is 0 Å². The molecule has 0 rings (SSSR count). The van der Waals surface area contributed by atoms with Crippen molar-refractivity contribution in [3.05, 3.63) is 11.4 Å². The third-order valence-corrected chi connectivity index (χ3v) is 1.35. The lowest BCUT2D eigenvalue weighted by molar-refractivity contribution is 0.608. The maximum atomic E-state index is 8.19. The third kappa shape index (κ3) is 10.9. The lowest BCUT2D eigenvalue weighted by atomic mass is 10.5. The Kier molecular flexibility index (Phi) is 9.91. The van der Waals surface area contributed by atoms with Crippen molar-refractivity contribution in [3.8, 4) is 6.07 Å². The molecule has 5 heteroatoms. The standard InChI is InChI=1S/C8H15N5/c1-10-8-13-7-6-12-5-4-11-3-2-9/h11-13H,3-8H2. The van der Waals surface area contributed by atoms with Crippen molar-refractivity contribution in [2.75, 3.05) is 39.4 Å². The topological polar surface area (TPSA) is 64.2 Å². The van der Waals surface area contributed by atoms with Gasteiger partial charge in [-0.05, 0) is 0 Å². The van der Waals surface area contributed by atoms with Crippen LogP contribution in [0, 0.1) is 17.9 Å². The van der Waals surface area contributed by atoms with Crippen LogP contribution in [0.15, 0.2) is 0 Å². The van der Waals surface area contributed by atoms with Crippen molar-refractivity contribution in [1.29, 1.82) is 5.26 Å². The molecule has 0 aromatic carbocycles. The molecule has 0 aliphatic heterocycles. The molecule has 72 valence electrons. The van der Waals surface area contributed by atoms with Crippen LogP contribution >= 0.6 is 0 Å². The normalized spacial score (nSPS) is 9.08. The van der Waals surface area contributed by atoms with E-state index in [1.54, 1.807) is 0 Å². The first kappa shape index (κ1) is 11.9. The molecule has 0 aromatic rings. The van der Waals surface area contributed by atoms with Gasteiger partial charge in [0.05, 0.1) is 12.6 Å². The van der Waals surface area contributed by atoms with Crippen molar-refractivity contribution in [1.82, 2.24) is 16.0 Å². The predicted octanol–water partition coefficient (Wildman–Crippen LogP) is -0.844. The van der Waals surface area contributed by atoms with Crippen molar-refractivity contribution in [2.45, 2.75) is 0 Å². The first-order valence-electron chi connectivity index (χ1n) is 4.24. The number of nitrogens with one attached hydrogen (secondary N) is 3. The van der Waals surface area contributed by atoms with E-state index in [4.69, 9.17) is 11.8 Å². The number of hydrogen-bond donors (Lipinski definition) is 3. The Morgan fingerprint density at radius 2 is 1.69 bits per heavy atom. The highest BCUT2D eigenvalue weighted by Crippen LogP contribution is 1.62. The Morgan fingerprint density at radius 1 is 1.08 bits per heavy atom. The second kappa shape index (κ2) is 10.9. The molecule has 0 unspecified atom stereocenters. The predicted molar refractivity (Wildman–Crippen MR) is 50.8 cm³/mol. The van der Waals surface area contributed by atoms with Crippen LogP contribution in [0.3, 0.4) is 0 Å². The zero-order valence-electron chi connectivity index (χ0n) is 7.64. The third-order valence-electron chi connectivity index (χ3n) is 1.35. The Balaban J connectivity index is 2.85. The molecule has 0 aromatic heterocycles.